The van der Waals surface area contributed by atoms with Crippen molar-refractivity contribution in [3.05, 3.63) is 47.2 Å². The third-order valence-electron chi connectivity index (χ3n) is 3.74. The number of hydrogen-bond donors (Lipinski definition) is 1. The highest BCUT2D eigenvalue weighted by Crippen LogP contribution is 2.28. The van der Waals surface area contributed by atoms with Crippen LogP contribution in [0.3, 0.4) is 0 Å². The van der Waals surface area contributed by atoms with Gasteiger partial charge in [0.1, 0.15) is 0 Å². The summed E-state index contributed by atoms with van der Waals surface area (Å²) < 4.78 is 1.95. The van der Waals surface area contributed by atoms with Gasteiger partial charge in [0.2, 0.25) is 0 Å². The Morgan fingerprint density at radius 1 is 1.18 bits per heavy atom. The zero-order valence-corrected chi connectivity index (χ0v) is 13.6. The predicted octanol–water partition coefficient (Wildman–Crippen LogP) is 4.46. The monoisotopic (exact) mass is 314 g/mol. The minimum Gasteiger partial charge on any atom is -0.371 e. The lowest BCUT2D eigenvalue weighted by Crippen LogP contribution is -2.01. The van der Waals surface area contributed by atoms with E-state index < -0.39 is 0 Å². The van der Waals surface area contributed by atoms with Crippen molar-refractivity contribution in [1.29, 1.82) is 0 Å². The van der Waals surface area contributed by atoms with Gasteiger partial charge in [0.15, 0.2) is 5.82 Å². The fourth-order valence-corrected chi connectivity index (χ4v) is 2.74. The van der Waals surface area contributed by atoms with E-state index in [2.05, 4.69) is 17.2 Å². The van der Waals surface area contributed by atoms with E-state index in [4.69, 9.17) is 16.7 Å². The lowest BCUT2D eigenvalue weighted by Gasteiger charge is -2.07. The van der Waals surface area contributed by atoms with Gasteiger partial charge in [0, 0.05) is 23.7 Å². The summed E-state index contributed by atoms with van der Waals surface area (Å²) in [5, 5.41) is 9.68. The topological polar surface area (TPSA) is 42.7 Å². The number of hydrogen-bond acceptors (Lipinski definition) is 3. The van der Waals surface area contributed by atoms with Crippen LogP contribution in [0.5, 0.6) is 0 Å². The Bertz CT molecular complexity index is 777. The van der Waals surface area contributed by atoms with Crippen molar-refractivity contribution < 1.29 is 0 Å². The molecule has 2 heterocycles. The third-order valence-corrected chi connectivity index (χ3v) is 3.99. The molecule has 0 unspecified atom stereocenters. The van der Waals surface area contributed by atoms with Crippen LogP contribution >= 0.6 is 11.6 Å². The molecule has 0 bridgehead atoms. The highest BCUT2D eigenvalue weighted by atomic mass is 35.5. The van der Waals surface area contributed by atoms with Crippen molar-refractivity contribution in [1.82, 2.24) is 14.8 Å². The summed E-state index contributed by atoms with van der Waals surface area (Å²) in [5.41, 5.74) is 3.15. The van der Waals surface area contributed by atoms with Crippen molar-refractivity contribution in [2.45, 2.75) is 26.2 Å². The maximum atomic E-state index is 6.00. The molecule has 2 aromatic heterocycles. The Morgan fingerprint density at radius 3 is 2.64 bits per heavy atom. The summed E-state index contributed by atoms with van der Waals surface area (Å²) in [6.07, 6.45) is 5.08. The molecule has 3 rings (SSSR count). The Balaban J connectivity index is 2.21. The smallest absolute Gasteiger partial charge is 0.156 e. The molecule has 1 N–H and O–H groups in total. The van der Waals surface area contributed by atoms with Gasteiger partial charge in [0.05, 0.1) is 16.9 Å². The van der Waals surface area contributed by atoms with Crippen LogP contribution in [0.2, 0.25) is 5.02 Å². The van der Waals surface area contributed by atoms with Crippen molar-refractivity contribution >= 4 is 28.3 Å². The quantitative estimate of drug-likeness (QED) is 0.756. The SMILES string of the molecule is CCCCc1nccc2c(NC)nn(-c3ccc(Cl)cc3)c12. The van der Waals surface area contributed by atoms with Gasteiger partial charge in [0.25, 0.3) is 0 Å². The van der Waals surface area contributed by atoms with E-state index in [1.807, 2.05) is 48.3 Å². The van der Waals surface area contributed by atoms with Crippen LogP contribution in [-0.2, 0) is 6.42 Å². The molecule has 0 amide bonds. The first-order chi connectivity index (χ1) is 10.7. The van der Waals surface area contributed by atoms with Crippen molar-refractivity contribution in [3.63, 3.8) is 0 Å². The first-order valence-corrected chi connectivity index (χ1v) is 7.92. The van der Waals surface area contributed by atoms with E-state index >= 15 is 0 Å². The number of benzene rings is 1. The number of rotatable bonds is 5. The predicted molar refractivity (Wildman–Crippen MR) is 92.0 cm³/mol. The van der Waals surface area contributed by atoms with Crippen LogP contribution < -0.4 is 5.32 Å². The number of aryl methyl sites for hydroxylation is 1. The molecule has 0 spiro atoms. The lowest BCUT2D eigenvalue weighted by molar-refractivity contribution is 0.775. The maximum Gasteiger partial charge on any atom is 0.156 e. The molecule has 22 heavy (non-hydrogen) atoms. The molecule has 3 aromatic rings. The highest BCUT2D eigenvalue weighted by molar-refractivity contribution is 6.30. The number of anilines is 1. The largest absolute Gasteiger partial charge is 0.371 e. The number of halogens is 1. The van der Waals surface area contributed by atoms with Crippen molar-refractivity contribution in [2.75, 3.05) is 12.4 Å². The Labute approximate surface area is 135 Å². The van der Waals surface area contributed by atoms with Gasteiger partial charge < -0.3 is 5.32 Å². The summed E-state index contributed by atoms with van der Waals surface area (Å²) >= 11 is 6.00. The van der Waals surface area contributed by atoms with Crippen LogP contribution in [0.4, 0.5) is 5.82 Å². The Kier molecular flexibility index (Phi) is 4.29. The molecule has 0 aliphatic heterocycles. The zero-order valence-electron chi connectivity index (χ0n) is 12.8. The molecule has 5 heteroatoms. The molecule has 0 fully saturated rings. The molecule has 0 aliphatic carbocycles. The minimum absolute atomic E-state index is 0.721. The van der Waals surface area contributed by atoms with E-state index in [0.29, 0.717) is 0 Å². The van der Waals surface area contributed by atoms with Crippen LogP contribution in [-0.4, -0.2) is 21.8 Å². The molecule has 0 atom stereocenters. The molecule has 0 saturated carbocycles. The van der Waals surface area contributed by atoms with Crippen LogP contribution in [0, 0.1) is 0 Å². The summed E-state index contributed by atoms with van der Waals surface area (Å²) in [4.78, 5) is 4.58. The Morgan fingerprint density at radius 2 is 1.95 bits per heavy atom. The fraction of sp³-hybridized carbons (Fsp3) is 0.294. The fourth-order valence-electron chi connectivity index (χ4n) is 2.61. The van der Waals surface area contributed by atoms with E-state index in [-0.39, 0.29) is 0 Å². The van der Waals surface area contributed by atoms with Crippen molar-refractivity contribution in [2.24, 2.45) is 0 Å². The number of aromatic nitrogens is 3. The third kappa shape index (κ3) is 2.66. The van der Waals surface area contributed by atoms with Gasteiger partial charge in [-0.1, -0.05) is 24.9 Å². The molecule has 1 aromatic carbocycles. The van der Waals surface area contributed by atoms with Gasteiger partial charge in [-0.2, -0.15) is 0 Å². The van der Waals surface area contributed by atoms with Gasteiger partial charge in [-0.3, -0.25) is 4.98 Å². The number of unbranched alkanes of at least 4 members (excludes halogenated alkanes) is 1. The highest BCUT2D eigenvalue weighted by Gasteiger charge is 2.15. The molecular formula is C17H19ClN4. The molecular weight excluding hydrogens is 296 g/mol. The second-order valence-corrected chi connectivity index (χ2v) is 5.68. The second-order valence-electron chi connectivity index (χ2n) is 5.24. The van der Waals surface area contributed by atoms with Gasteiger partial charge >= 0.3 is 0 Å². The van der Waals surface area contributed by atoms with Gasteiger partial charge in [-0.25, -0.2) is 4.68 Å². The number of nitrogens with zero attached hydrogens (tertiary/aromatic N) is 3. The molecule has 114 valence electrons. The molecule has 0 radical (unpaired) electrons. The van der Waals surface area contributed by atoms with E-state index in [9.17, 15) is 0 Å². The summed E-state index contributed by atoms with van der Waals surface area (Å²) in [5.74, 6) is 0.866. The van der Waals surface area contributed by atoms with Crippen LogP contribution in [0.15, 0.2) is 36.5 Å². The van der Waals surface area contributed by atoms with Crippen LogP contribution in [0.25, 0.3) is 16.6 Å². The molecule has 0 saturated heterocycles. The summed E-state index contributed by atoms with van der Waals surface area (Å²) in [7, 11) is 1.89. The number of pyridine rings is 1. The normalized spacial score (nSPS) is 11.0. The maximum absolute atomic E-state index is 6.00. The average molecular weight is 315 g/mol. The first kappa shape index (κ1) is 14.9. The van der Waals surface area contributed by atoms with Crippen LogP contribution in [0.1, 0.15) is 25.5 Å². The van der Waals surface area contributed by atoms with Gasteiger partial charge in [-0.15, -0.1) is 5.10 Å². The van der Waals surface area contributed by atoms with E-state index in [0.717, 1.165) is 52.4 Å². The average Bonchev–Trinajstić information content (AvgIpc) is 2.93. The van der Waals surface area contributed by atoms with E-state index in [1.165, 1.54) is 0 Å². The Hall–Kier alpha value is -2.07. The number of nitrogens with one attached hydrogen (secondary N) is 1. The summed E-state index contributed by atoms with van der Waals surface area (Å²) in [6.45, 7) is 2.19. The second kappa shape index (κ2) is 6.36. The molecule has 4 nitrogen and oxygen atoms in total. The number of fused-ring (bicyclic) bond motifs is 1. The standard InChI is InChI=1S/C17H19ClN4/c1-3-4-5-15-16-14(10-11-20-15)17(19-2)21-22(16)13-8-6-12(18)7-9-13/h6-11H,3-5H2,1-2H3,(H,19,21). The zero-order chi connectivity index (χ0) is 15.5. The summed E-state index contributed by atoms with van der Waals surface area (Å²) in [6, 6.07) is 9.72. The van der Waals surface area contributed by atoms with Crippen molar-refractivity contribution in [3.8, 4) is 5.69 Å². The minimum atomic E-state index is 0.721. The molecule has 0 aliphatic rings. The first-order valence-electron chi connectivity index (χ1n) is 7.55. The van der Waals surface area contributed by atoms with Gasteiger partial charge in [-0.05, 0) is 43.2 Å². The van der Waals surface area contributed by atoms with E-state index in [1.54, 1.807) is 0 Å². The lowest BCUT2D eigenvalue weighted by atomic mass is 10.1.